The summed E-state index contributed by atoms with van der Waals surface area (Å²) in [5.74, 6) is -0.134. The molecule has 0 atom stereocenters. The number of benzene rings is 1. The van der Waals surface area contributed by atoms with E-state index in [1.165, 1.54) is 0 Å². The number of hydrogen-bond acceptors (Lipinski definition) is 4. The van der Waals surface area contributed by atoms with Crippen LogP contribution in [0.4, 0.5) is 0 Å². The van der Waals surface area contributed by atoms with Gasteiger partial charge in [0.1, 0.15) is 0 Å². The Morgan fingerprint density at radius 1 is 0.926 bits per heavy atom. The van der Waals surface area contributed by atoms with Gasteiger partial charge in [0.15, 0.2) is 0 Å². The van der Waals surface area contributed by atoms with Gasteiger partial charge >= 0.3 is 0 Å². The number of nitrogens with one attached hydrogen (secondary N) is 1. The maximum Gasteiger partial charge on any atom is 0.251 e. The highest BCUT2D eigenvalue weighted by Gasteiger charge is 2.07. The van der Waals surface area contributed by atoms with Crippen LogP contribution in [0.25, 0.3) is 16.8 Å². The summed E-state index contributed by atoms with van der Waals surface area (Å²) >= 11 is 0. The first-order chi connectivity index (χ1) is 13.3. The number of amides is 1. The molecule has 132 valence electrons. The Kier molecular flexibility index (Phi) is 4.70. The molecule has 27 heavy (non-hydrogen) atoms. The third-order valence-electron chi connectivity index (χ3n) is 4.15. The van der Waals surface area contributed by atoms with Crippen LogP contribution in [-0.4, -0.2) is 25.7 Å². The van der Waals surface area contributed by atoms with Crippen molar-refractivity contribution in [2.45, 2.75) is 6.54 Å². The average Bonchev–Trinajstić information content (AvgIpc) is 3.24. The molecule has 0 unspecified atom stereocenters. The smallest absolute Gasteiger partial charge is 0.251 e. The van der Waals surface area contributed by atoms with Gasteiger partial charge < -0.3 is 5.32 Å². The average molecular weight is 355 g/mol. The Balaban J connectivity index is 1.44. The van der Waals surface area contributed by atoms with Gasteiger partial charge in [-0.15, -0.1) is 0 Å². The number of carbonyl (C=O) groups is 1. The topological polar surface area (TPSA) is 72.7 Å². The lowest BCUT2D eigenvalue weighted by molar-refractivity contribution is 0.0950. The molecule has 0 fully saturated rings. The monoisotopic (exact) mass is 355 g/mol. The Bertz CT molecular complexity index is 1030. The van der Waals surface area contributed by atoms with Crippen LogP contribution in [0, 0.1) is 0 Å². The van der Waals surface area contributed by atoms with E-state index in [4.69, 9.17) is 0 Å². The molecule has 0 radical (unpaired) electrons. The number of rotatable bonds is 5. The van der Waals surface area contributed by atoms with E-state index in [1.807, 2.05) is 54.9 Å². The molecule has 0 bridgehead atoms. The fourth-order valence-electron chi connectivity index (χ4n) is 2.70. The van der Waals surface area contributed by atoms with Crippen LogP contribution >= 0.6 is 0 Å². The summed E-state index contributed by atoms with van der Waals surface area (Å²) in [5, 5.41) is 7.27. The summed E-state index contributed by atoms with van der Waals surface area (Å²) in [4.78, 5) is 20.5. The van der Waals surface area contributed by atoms with E-state index in [0.717, 1.165) is 22.5 Å². The zero-order chi connectivity index (χ0) is 18.5. The highest BCUT2D eigenvalue weighted by molar-refractivity contribution is 5.94. The molecule has 0 aliphatic heterocycles. The van der Waals surface area contributed by atoms with E-state index in [2.05, 4.69) is 20.4 Å². The molecule has 0 saturated heterocycles. The molecule has 4 aromatic rings. The van der Waals surface area contributed by atoms with Gasteiger partial charge in [-0.05, 0) is 54.1 Å². The van der Waals surface area contributed by atoms with Crippen molar-refractivity contribution >= 4 is 5.91 Å². The number of pyridine rings is 2. The van der Waals surface area contributed by atoms with E-state index in [1.54, 1.807) is 35.4 Å². The summed E-state index contributed by atoms with van der Waals surface area (Å²) in [7, 11) is 0. The van der Waals surface area contributed by atoms with Gasteiger partial charge in [-0.3, -0.25) is 14.8 Å². The lowest BCUT2D eigenvalue weighted by atomic mass is 10.1. The molecule has 1 aromatic carbocycles. The maximum absolute atomic E-state index is 12.3. The zero-order valence-electron chi connectivity index (χ0n) is 14.5. The molecule has 0 aliphatic carbocycles. The first-order valence-corrected chi connectivity index (χ1v) is 8.53. The minimum atomic E-state index is -0.134. The lowest BCUT2D eigenvalue weighted by Crippen LogP contribution is -2.23. The van der Waals surface area contributed by atoms with Gasteiger partial charge in [-0.25, -0.2) is 4.68 Å². The molecule has 0 saturated carbocycles. The summed E-state index contributed by atoms with van der Waals surface area (Å²) in [6.07, 6.45) is 8.98. The Morgan fingerprint density at radius 3 is 2.48 bits per heavy atom. The summed E-state index contributed by atoms with van der Waals surface area (Å²) in [5.41, 5.74) is 4.37. The number of aromatic nitrogens is 4. The summed E-state index contributed by atoms with van der Waals surface area (Å²) < 4.78 is 1.78. The van der Waals surface area contributed by atoms with Crippen molar-refractivity contribution in [1.82, 2.24) is 25.1 Å². The van der Waals surface area contributed by atoms with Crippen molar-refractivity contribution in [3.05, 3.63) is 96.8 Å². The molecular weight excluding hydrogens is 338 g/mol. The van der Waals surface area contributed by atoms with Crippen molar-refractivity contribution in [1.29, 1.82) is 0 Å². The van der Waals surface area contributed by atoms with Crippen molar-refractivity contribution in [3.8, 4) is 16.8 Å². The molecular formula is C21H17N5O. The normalized spacial score (nSPS) is 10.5. The highest BCUT2D eigenvalue weighted by Crippen LogP contribution is 2.19. The van der Waals surface area contributed by atoms with Crippen molar-refractivity contribution in [3.63, 3.8) is 0 Å². The summed E-state index contributed by atoms with van der Waals surface area (Å²) in [6, 6.07) is 16.8. The highest BCUT2D eigenvalue weighted by atomic mass is 16.1. The molecule has 1 N–H and O–H groups in total. The van der Waals surface area contributed by atoms with E-state index in [9.17, 15) is 4.79 Å². The fourth-order valence-corrected chi connectivity index (χ4v) is 2.70. The number of carbonyl (C=O) groups excluding carboxylic acids is 1. The molecule has 0 aliphatic rings. The quantitative estimate of drug-likeness (QED) is 0.596. The number of nitrogens with zero attached hydrogens (tertiary/aromatic N) is 4. The van der Waals surface area contributed by atoms with Gasteiger partial charge in [0.2, 0.25) is 0 Å². The minimum Gasteiger partial charge on any atom is -0.346 e. The molecule has 3 heterocycles. The van der Waals surface area contributed by atoms with Crippen LogP contribution in [-0.2, 0) is 6.54 Å². The zero-order valence-corrected chi connectivity index (χ0v) is 14.5. The first kappa shape index (κ1) is 16.7. The van der Waals surface area contributed by atoms with Crippen molar-refractivity contribution in [2.24, 2.45) is 0 Å². The minimum absolute atomic E-state index is 0.134. The van der Waals surface area contributed by atoms with E-state index in [-0.39, 0.29) is 5.91 Å². The Morgan fingerprint density at radius 2 is 1.74 bits per heavy atom. The van der Waals surface area contributed by atoms with Crippen LogP contribution in [0.5, 0.6) is 0 Å². The van der Waals surface area contributed by atoms with Crippen LogP contribution in [0.1, 0.15) is 16.1 Å². The fraction of sp³-hybridized carbons (Fsp3) is 0.0476. The van der Waals surface area contributed by atoms with Crippen LogP contribution < -0.4 is 5.32 Å². The van der Waals surface area contributed by atoms with Gasteiger partial charge in [0, 0.05) is 35.9 Å². The third kappa shape index (κ3) is 3.90. The summed E-state index contributed by atoms with van der Waals surface area (Å²) in [6.45, 7) is 0.399. The van der Waals surface area contributed by atoms with Crippen LogP contribution in [0.15, 0.2) is 85.6 Å². The number of hydrogen-bond donors (Lipinski definition) is 1. The molecule has 4 rings (SSSR count). The standard InChI is InChI=1S/C21H17N5O/c27-21(24-14-19-3-1-2-10-23-19)17-4-6-20(7-5-17)26-15-18(13-25-26)16-8-11-22-12-9-16/h1-13,15H,14H2,(H,24,27). The van der Waals surface area contributed by atoms with Crippen LogP contribution in [0.2, 0.25) is 0 Å². The second-order valence-electron chi connectivity index (χ2n) is 5.96. The van der Waals surface area contributed by atoms with E-state index in [0.29, 0.717) is 12.1 Å². The SMILES string of the molecule is O=C(NCc1ccccn1)c1ccc(-n2cc(-c3ccncc3)cn2)cc1. The molecule has 0 spiro atoms. The van der Waals surface area contributed by atoms with Crippen molar-refractivity contribution in [2.75, 3.05) is 0 Å². The van der Waals surface area contributed by atoms with E-state index >= 15 is 0 Å². The molecule has 3 aromatic heterocycles. The predicted molar refractivity (Wildman–Crippen MR) is 102 cm³/mol. The second kappa shape index (κ2) is 7.61. The Labute approximate surface area is 156 Å². The van der Waals surface area contributed by atoms with Crippen LogP contribution in [0.3, 0.4) is 0 Å². The van der Waals surface area contributed by atoms with Gasteiger partial charge in [0.05, 0.1) is 24.1 Å². The lowest BCUT2D eigenvalue weighted by Gasteiger charge is -2.06. The predicted octanol–water partition coefficient (Wildman–Crippen LogP) is 3.26. The van der Waals surface area contributed by atoms with E-state index < -0.39 is 0 Å². The molecule has 6 nitrogen and oxygen atoms in total. The van der Waals surface area contributed by atoms with Gasteiger partial charge in [-0.2, -0.15) is 5.10 Å². The third-order valence-corrected chi connectivity index (χ3v) is 4.15. The van der Waals surface area contributed by atoms with Gasteiger partial charge in [0.25, 0.3) is 5.91 Å². The Hall–Kier alpha value is -3.80. The molecule has 1 amide bonds. The first-order valence-electron chi connectivity index (χ1n) is 8.53. The van der Waals surface area contributed by atoms with Gasteiger partial charge in [-0.1, -0.05) is 6.07 Å². The molecule has 6 heteroatoms. The van der Waals surface area contributed by atoms with Crippen molar-refractivity contribution < 1.29 is 4.79 Å². The second-order valence-corrected chi connectivity index (χ2v) is 5.96. The largest absolute Gasteiger partial charge is 0.346 e. The maximum atomic E-state index is 12.3.